The van der Waals surface area contributed by atoms with Crippen LogP contribution in [0.2, 0.25) is 5.02 Å². The molecule has 2 aromatic heterocycles. The number of carbonyl (C=O) groups excluding carboxylic acids is 1. The monoisotopic (exact) mass is 467 g/mol. The van der Waals surface area contributed by atoms with Crippen molar-refractivity contribution in [1.82, 2.24) is 9.97 Å². The molecular weight excluding hydrogens is 455 g/mol. The van der Waals surface area contributed by atoms with Crippen molar-refractivity contribution in [3.8, 4) is 0 Å². The molecule has 0 fully saturated rings. The largest absolute Gasteiger partial charge is 0.345 e. The predicted molar refractivity (Wildman–Crippen MR) is 110 cm³/mol. The Morgan fingerprint density at radius 2 is 1.90 bits per heavy atom. The summed E-state index contributed by atoms with van der Waals surface area (Å²) in [5, 5.41) is 0.446. The van der Waals surface area contributed by atoms with Gasteiger partial charge in [0.2, 0.25) is 5.78 Å². The van der Waals surface area contributed by atoms with Crippen LogP contribution in [0.4, 0.5) is 18.9 Å². The third-order valence-electron chi connectivity index (χ3n) is 4.65. The number of hydrogen-bond donors (Lipinski definition) is 2. The molecule has 3 aromatic rings. The highest BCUT2D eigenvalue weighted by atomic mass is 35.5. The molecule has 4 rings (SSSR count). The zero-order valence-corrected chi connectivity index (χ0v) is 17.1. The van der Waals surface area contributed by atoms with Crippen molar-refractivity contribution in [3.63, 3.8) is 0 Å². The Bertz CT molecular complexity index is 1400. The molecule has 0 saturated carbocycles. The van der Waals surface area contributed by atoms with Crippen LogP contribution in [0.3, 0.4) is 0 Å². The molecule has 1 aliphatic carbocycles. The fourth-order valence-electron chi connectivity index (χ4n) is 3.20. The molecule has 1 aromatic carbocycles. The Hall–Kier alpha value is -3.11. The molecule has 0 unspecified atom stereocenters. The standard InChI is InChI=1S/C20H13ClF3N3O3S/c21-10-7-11-12(9-26-20(11)25-8-10)19(28)17-14(23)5-6-15(18(17)24)27-31(29,30)16-4-2-1-3-13(16)22/h3-9,27H,1-2H2,(H,25,26). The molecule has 160 valence electrons. The van der Waals surface area contributed by atoms with Gasteiger partial charge in [0.1, 0.15) is 22.2 Å². The lowest BCUT2D eigenvalue weighted by Crippen LogP contribution is -2.19. The molecule has 11 heteroatoms. The fourth-order valence-corrected chi connectivity index (χ4v) is 4.59. The Kier molecular flexibility index (Phi) is 5.36. The number of pyridine rings is 1. The average molecular weight is 468 g/mol. The predicted octanol–water partition coefficient (Wildman–Crippen LogP) is 5.00. The highest BCUT2D eigenvalue weighted by Gasteiger charge is 2.28. The summed E-state index contributed by atoms with van der Waals surface area (Å²) in [6.07, 6.45) is 5.43. The van der Waals surface area contributed by atoms with Crippen molar-refractivity contribution in [2.24, 2.45) is 0 Å². The highest BCUT2D eigenvalue weighted by Crippen LogP contribution is 2.31. The van der Waals surface area contributed by atoms with Crippen LogP contribution in [0.15, 0.2) is 53.5 Å². The third-order valence-corrected chi connectivity index (χ3v) is 6.29. The number of nitrogens with one attached hydrogen (secondary N) is 2. The van der Waals surface area contributed by atoms with E-state index in [1.165, 1.54) is 18.5 Å². The maximum absolute atomic E-state index is 15.1. The van der Waals surface area contributed by atoms with Gasteiger partial charge in [0.25, 0.3) is 10.0 Å². The quantitative estimate of drug-likeness (QED) is 0.517. The molecule has 2 N–H and O–H groups in total. The first-order valence-electron chi connectivity index (χ1n) is 8.93. The number of aromatic amines is 1. The highest BCUT2D eigenvalue weighted by molar-refractivity contribution is 7.96. The molecule has 0 radical (unpaired) electrons. The van der Waals surface area contributed by atoms with E-state index in [2.05, 4.69) is 9.97 Å². The Balaban J connectivity index is 1.76. The van der Waals surface area contributed by atoms with E-state index in [0.29, 0.717) is 6.42 Å². The summed E-state index contributed by atoms with van der Waals surface area (Å²) in [4.78, 5) is 19.0. The molecule has 31 heavy (non-hydrogen) atoms. The molecule has 0 aliphatic heterocycles. The zero-order chi connectivity index (χ0) is 22.3. The number of aromatic nitrogens is 2. The first-order chi connectivity index (χ1) is 14.7. The Morgan fingerprint density at radius 1 is 1.16 bits per heavy atom. The number of sulfonamides is 1. The van der Waals surface area contributed by atoms with Crippen molar-refractivity contribution >= 4 is 44.1 Å². The van der Waals surface area contributed by atoms with Gasteiger partial charge in [-0.05, 0) is 37.1 Å². The lowest BCUT2D eigenvalue weighted by Gasteiger charge is -2.14. The maximum atomic E-state index is 15.1. The fraction of sp³-hybridized carbons (Fsp3) is 0.100. The lowest BCUT2D eigenvalue weighted by molar-refractivity contribution is 0.103. The number of ketones is 1. The molecule has 0 saturated heterocycles. The van der Waals surface area contributed by atoms with Crippen LogP contribution in [-0.2, 0) is 10.0 Å². The second-order valence-corrected chi connectivity index (χ2v) is 8.76. The van der Waals surface area contributed by atoms with Gasteiger partial charge in [0.05, 0.1) is 16.3 Å². The van der Waals surface area contributed by atoms with Crippen LogP contribution in [0.25, 0.3) is 11.0 Å². The van der Waals surface area contributed by atoms with E-state index >= 15 is 4.39 Å². The summed E-state index contributed by atoms with van der Waals surface area (Å²) in [6, 6.07) is 2.97. The van der Waals surface area contributed by atoms with Crippen molar-refractivity contribution < 1.29 is 26.4 Å². The van der Waals surface area contributed by atoms with Gasteiger partial charge in [-0.3, -0.25) is 9.52 Å². The normalized spacial score (nSPS) is 14.3. The number of anilines is 1. The summed E-state index contributed by atoms with van der Waals surface area (Å²) < 4.78 is 70.3. The van der Waals surface area contributed by atoms with Gasteiger partial charge in [-0.25, -0.2) is 26.6 Å². The Labute approximate surface area is 179 Å². The van der Waals surface area contributed by atoms with Crippen molar-refractivity contribution in [2.75, 3.05) is 4.72 Å². The number of H-pyrrole nitrogens is 1. The number of benzene rings is 1. The number of rotatable bonds is 5. The summed E-state index contributed by atoms with van der Waals surface area (Å²) in [7, 11) is -4.50. The second kappa shape index (κ2) is 7.86. The van der Waals surface area contributed by atoms with Gasteiger partial charge in [-0.1, -0.05) is 17.7 Å². The molecule has 6 nitrogen and oxygen atoms in total. The number of carbonyl (C=O) groups is 1. The minimum atomic E-state index is -4.50. The van der Waals surface area contributed by atoms with Crippen LogP contribution in [0.1, 0.15) is 28.8 Å². The van der Waals surface area contributed by atoms with Crippen molar-refractivity contribution in [1.29, 1.82) is 0 Å². The second-order valence-electron chi connectivity index (χ2n) is 6.67. The first-order valence-corrected chi connectivity index (χ1v) is 10.8. The van der Waals surface area contributed by atoms with Crippen LogP contribution in [0, 0.1) is 11.6 Å². The number of hydrogen-bond acceptors (Lipinski definition) is 4. The Morgan fingerprint density at radius 3 is 2.65 bits per heavy atom. The van der Waals surface area contributed by atoms with Gasteiger partial charge in [0, 0.05) is 23.3 Å². The molecule has 0 amide bonds. The molecule has 0 bridgehead atoms. The van der Waals surface area contributed by atoms with Crippen LogP contribution < -0.4 is 4.72 Å². The SMILES string of the molecule is O=C(c1c(F)ccc(NS(=O)(=O)C2=CCCC=C2F)c1F)c1c[nH]c2ncc(Cl)cc12. The summed E-state index contributed by atoms with van der Waals surface area (Å²) in [5.41, 5.74) is -1.50. The van der Waals surface area contributed by atoms with Crippen LogP contribution in [0.5, 0.6) is 0 Å². The minimum Gasteiger partial charge on any atom is -0.345 e. The number of allylic oxidation sites excluding steroid dienone is 3. The van der Waals surface area contributed by atoms with E-state index in [0.717, 1.165) is 24.3 Å². The van der Waals surface area contributed by atoms with Gasteiger partial charge >= 0.3 is 0 Å². The summed E-state index contributed by atoms with van der Waals surface area (Å²) >= 11 is 5.89. The van der Waals surface area contributed by atoms with Gasteiger partial charge in [-0.15, -0.1) is 0 Å². The van der Waals surface area contributed by atoms with Crippen molar-refractivity contribution in [3.05, 3.63) is 81.3 Å². The molecule has 1 aliphatic rings. The zero-order valence-electron chi connectivity index (χ0n) is 15.5. The third kappa shape index (κ3) is 3.84. The van der Waals surface area contributed by atoms with Crippen LogP contribution in [-0.4, -0.2) is 24.2 Å². The number of nitrogens with zero attached hydrogens (tertiary/aromatic N) is 1. The topological polar surface area (TPSA) is 91.9 Å². The van der Waals surface area contributed by atoms with E-state index in [9.17, 15) is 22.0 Å². The molecule has 2 heterocycles. The molecule has 0 spiro atoms. The first kappa shape index (κ1) is 21.1. The summed E-state index contributed by atoms with van der Waals surface area (Å²) in [6.45, 7) is 0. The maximum Gasteiger partial charge on any atom is 0.264 e. The minimum absolute atomic E-state index is 0.105. The lowest BCUT2D eigenvalue weighted by atomic mass is 10.0. The van der Waals surface area contributed by atoms with Gasteiger partial charge in [0.15, 0.2) is 5.82 Å². The number of halogens is 4. The molecule has 0 atom stereocenters. The van der Waals surface area contributed by atoms with Crippen molar-refractivity contribution in [2.45, 2.75) is 12.8 Å². The van der Waals surface area contributed by atoms with Crippen LogP contribution >= 0.6 is 11.6 Å². The van der Waals surface area contributed by atoms with E-state index in [1.54, 1.807) is 0 Å². The summed E-state index contributed by atoms with van der Waals surface area (Å²) in [5.74, 6) is -4.65. The van der Waals surface area contributed by atoms with E-state index in [4.69, 9.17) is 11.6 Å². The van der Waals surface area contributed by atoms with E-state index < -0.39 is 49.4 Å². The van der Waals surface area contributed by atoms with Gasteiger partial charge < -0.3 is 4.98 Å². The van der Waals surface area contributed by atoms with Gasteiger partial charge in [-0.2, -0.15) is 0 Å². The molecular formula is C20H13ClF3N3O3S. The van der Waals surface area contributed by atoms with E-state index in [1.807, 2.05) is 4.72 Å². The smallest absolute Gasteiger partial charge is 0.264 e. The van der Waals surface area contributed by atoms with E-state index in [-0.39, 0.29) is 28.0 Å². The number of fused-ring (bicyclic) bond motifs is 1. The average Bonchev–Trinajstić information content (AvgIpc) is 3.13.